The highest BCUT2D eigenvalue weighted by Gasteiger charge is 2.10. The zero-order valence-electron chi connectivity index (χ0n) is 9.85. The van der Waals surface area contributed by atoms with Crippen LogP contribution in [0.4, 0.5) is 5.69 Å². The maximum absolute atomic E-state index is 5.81. The molecule has 6 heteroatoms. The third-order valence-electron chi connectivity index (χ3n) is 2.69. The van der Waals surface area contributed by atoms with Gasteiger partial charge in [0.25, 0.3) is 0 Å². The first-order valence-corrected chi connectivity index (χ1v) is 8.06. The number of benzene rings is 1. The molecule has 2 nitrogen and oxygen atoms in total. The van der Waals surface area contributed by atoms with Crippen LogP contribution in [0.3, 0.4) is 0 Å². The molecule has 2 rings (SSSR count). The number of aromatic nitrogens is 1. The largest absolute Gasteiger partial charge is 0.378 e. The van der Waals surface area contributed by atoms with Crippen LogP contribution in [-0.2, 0) is 6.54 Å². The zero-order valence-corrected chi connectivity index (χ0v) is 14.6. The Hall–Kier alpha value is -0.100. The summed E-state index contributed by atoms with van der Waals surface area (Å²) in [6.07, 6.45) is 1.79. The van der Waals surface area contributed by atoms with E-state index in [1.54, 1.807) is 6.20 Å². The van der Waals surface area contributed by atoms with Crippen molar-refractivity contribution in [1.29, 1.82) is 0 Å². The number of anilines is 1. The Kier molecular flexibility index (Phi) is 4.69. The van der Waals surface area contributed by atoms with Crippen molar-refractivity contribution in [3.8, 4) is 0 Å². The van der Waals surface area contributed by atoms with Gasteiger partial charge in [0.15, 0.2) is 4.47 Å². The van der Waals surface area contributed by atoms with Gasteiger partial charge in [0.2, 0.25) is 0 Å². The lowest BCUT2D eigenvalue weighted by Gasteiger charge is -2.14. The SMILES string of the molecule is Cc1cc(Br)c(NCc2cnc(Cl)s2)c(Br)c1C. The highest BCUT2D eigenvalue weighted by atomic mass is 79.9. The van der Waals surface area contributed by atoms with E-state index in [1.807, 2.05) is 0 Å². The maximum atomic E-state index is 5.81. The van der Waals surface area contributed by atoms with Gasteiger partial charge in [-0.25, -0.2) is 4.98 Å². The molecule has 2 aromatic rings. The quantitative estimate of drug-likeness (QED) is 0.718. The van der Waals surface area contributed by atoms with E-state index in [1.165, 1.54) is 22.5 Å². The molecule has 1 heterocycles. The molecule has 0 aliphatic heterocycles. The van der Waals surface area contributed by atoms with Crippen LogP contribution >= 0.6 is 54.8 Å². The summed E-state index contributed by atoms with van der Waals surface area (Å²) in [5.41, 5.74) is 3.55. The van der Waals surface area contributed by atoms with Gasteiger partial charge in [0.05, 0.1) is 12.2 Å². The summed E-state index contributed by atoms with van der Waals surface area (Å²) in [5.74, 6) is 0. The Bertz CT molecular complexity index is 584. The minimum absolute atomic E-state index is 0.574. The number of hydrogen-bond donors (Lipinski definition) is 1. The maximum Gasteiger partial charge on any atom is 0.183 e. The smallest absolute Gasteiger partial charge is 0.183 e. The lowest BCUT2D eigenvalue weighted by Crippen LogP contribution is -2.01. The van der Waals surface area contributed by atoms with Gasteiger partial charge in [-0.3, -0.25) is 0 Å². The molecule has 1 aromatic heterocycles. The summed E-state index contributed by atoms with van der Waals surface area (Å²) in [4.78, 5) is 5.13. The van der Waals surface area contributed by atoms with Crippen LogP contribution in [0.2, 0.25) is 4.47 Å². The number of hydrogen-bond acceptors (Lipinski definition) is 3. The first-order chi connectivity index (χ1) is 8.49. The van der Waals surface area contributed by atoms with Crippen molar-refractivity contribution < 1.29 is 0 Å². The predicted molar refractivity (Wildman–Crippen MR) is 85.8 cm³/mol. The van der Waals surface area contributed by atoms with Gasteiger partial charge in [-0.1, -0.05) is 11.6 Å². The monoisotopic (exact) mass is 408 g/mol. The Balaban J connectivity index is 2.22. The van der Waals surface area contributed by atoms with E-state index in [0.717, 1.165) is 19.5 Å². The van der Waals surface area contributed by atoms with Crippen molar-refractivity contribution in [2.45, 2.75) is 20.4 Å². The van der Waals surface area contributed by atoms with Gasteiger partial charge in [0.1, 0.15) is 0 Å². The highest BCUT2D eigenvalue weighted by molar-refractivity contribution is 9.11. The van der Waals surface area contributed by atoms with Crippen LogP contribution in [0.1, 0.15) is 16.0 Å². The minimum Gasteiger partial charge on any atom is -0.378 e. The molecule has 0 saturated carbocycles. The molecule has 1 aromatic carbocycles. The van der Waals surface area contributed by atoms with Gasteiger partial charge in [0, 0.05) is 20.0 Å². The second-order valence-electron chi connectivity index (χ2n) is 3.92. The third kappa shape index (κ3) is 3.07. The van der Waals surface area contributed by atoms with E-state index in [0.29, 0.717) is 11.0 Å². The standard InChI is InChI=1S/C12H11Br2ClN2S/c1-6-3-9(13)11(10(14)7(6)2)16-4-8-5-17-12(15)18-8/h3,5,16H,4H2,1-2H3. The fraction of sp³-hybridized carbons (Fsp3) is 0.250. The Labute approximate surface area is 132 Å². The second-order valence-corrected chi connectivity index (χ2v) is 7.27. The zero-order chi connectivity index (χ0) is 13.3. The van der Waals surface area contributed by atoms with Crippen LogP contribution in [0.5, 0.6) is 0 Å². The van der Waals surface area contributed by atoms with Gasteiger partial charge in [-0.2, -0.15) is 0 Å². The van der Waals surface area contributed by atoms with E-state index in [9.17, 15) is 0 Å². The Morgan fingerprint density at radius 2 is 2.11 bits per heavy atom. The molecule has 1 N–H and O–H groups in total. The molecule has 0 spiro atoms. The molecule has 0 aliphatic carbocycles. The fourth-order valence-corrected chi connectivity index (χ4v) is 4.07. The van der Waals surface area contributed by atoms with E-state index in [-0.39, 0.29) is 0 Å². The van der Waals surface area contributed by atoms with E-state index in [2.05, 4.69) is 62.1 Å². The molecule has 0 fully saturated rings. The van der Waals surface area contributed by atoms with Gasteiger partial charge >= 0.3 is 0 Å². The molecule has 0 radical (unpaired) electrons. The molecular weight excluding hydrogens is 399 g/mol. The minimum atomic E-state index is 0.574. The van der Waals surface area contributed by atoms with Crippen molar-refractivity contribution in [2.75, 3.05) is 5.32 Å². The van der Waals surface area contributed by atoms with Gasteiger partial charge in [-0.15, -0.1) is 11.3 Å². The molecule has 0 saturated heterocycles. The molecule has 96 valence electrons. The van der Waals surface area contributed by atoms with Crippen molar-refractivity contribution in [3.63, 3.8) is 0 Å². The van der Waals surface area contributed by atoms with E-state index < -0.39 is 0 Å². The van der Waals surface area contributed by atoms with Crippen LogP contribution in [0, 0.1) is 13.8 Å². The predicted octanol–water partition coefficient (Wildman–Crippen LogP) is 5.55. The van der Waals surface area contributed by atoms with Crippen LogP contribution in [0.15, 0.2) is 21.2 Å². The molecule has 0 amide bonds. The lowest BCUT2D eigenvalue weighted by molar-refractivity contribution is 1.15. The summed E-state index contributed by atoms with van der Waals surface area (Å²) >= 11 is 14.5. The average molecular weight is 411 g/mol. The molecular formula is C12H11Br2ClN2S. The average Bonchev–Trinajstić information content (AvgIpc) is 2.72. The summed E-state index contributed by atoms with van der Waals surface area (Å²) in [5, 5.41) is 3.40. The fourth-order valence-electron chi connectivity index (χ4n) is 1.54. The number of thiazole rings is 1. The lowest BCUT2D eigenvalue weighted by atomic mass is 10.1. The number of nitrogens with zero attached hydrogens (tertiary/aromatic N) is 1. The number of rotatable bonds is 3. The van der Waals surface area contributed by atoms with E-state index >= 15 is 0 Å². The normalized spacial score (nSPS) is 10.7. The number of aryl methyl sites for hydroxylation is 1. The van der Waals surface area contributed by atoms with Crippen LogP contribution < -0.4 is 5.32 Å². The topological polar surface area (TPSA) is 24.9 Å². The summed E-state index contributed by atoms with van der Waals surface area (Å²) < 4.78 is 2.71. The summed E-state index contributed by atoms with van der Waals surface area (Å²) in [7, 11) is 0. The van der Waals surface area contributed by atoms with Gasteiger partial charge < -0.3 is 5.32 Å². The first kappa shape index (κ1) is 14.3. The van der Waals surface area contributed by atoms with Crippen molar-refractivity contribution >= 4 is 60.5 Å². The van der Waals surface area contributed by atoms with Crippen molar-refractivity contribution in [1.82, 2.24) is 4.98 Å². The second kappa shape index (κ2) is 5.90. The highest BCUT2D eigenvalue weighted by Crippen LogP contribution is 2.36. The van der Waals surface area contributed by atoms with Crippen LogP contribution in [0.25, 0.3) is 0 Å². The molecule has 0 atom stereocenters. The van der Waals surface area contributed by atoms with E-state index in [4.69, 9.17) is 11.6 Å². The summed E-state index contributed by atoms with van der Waals surface area (Å²) in [6.45, 7) is 4.91. The first-order valence-electron chi connectivity index (χ1n) is 5.28. The number of halogens is 3. The summed E-state index contributed by atoms with van der Waals surface area (Å²) in [6, 6.07) is 2.11. The number of nitrogens with one attached hydrogen (secondary N) is 1. The molecule has 0 bridgehead atoms. The Morgan fingerprint density at radius 3 is 2.72 bits per heavy atom. The van der Waals surface area contributed by atoms with Crippen LogP contribution in [-0.4, -0.2) is 4.98 Å². The third-order valence-corrected chi connectivity index (χ3v) is 5.42. The molecule has 18 heavy (non-hydrogen) atoms. The Morgan fingerprint density at radius 1 is 1.39 bits per heavy atom. The van der Waals surface area contributed by atoms with Crippen molar-refractivity contribution in [2.24, 2.45) is 0 Å². The molecule has 0 unspecified atom stereocenters. The van der Waals surface area contributed by atoms with Crippen molar-refractivity contribution in [3.05, 3.63) is 41.7 Å². The van der Waals surface area contributed by atoms with Gasteiger partial charge in [-0.05, 0) is 62.9 Å². The molecule has 0 aliphatic rings.